The van der Waals surface area contributed by atoms with Gasteiger partial charge in [0.2, 0.25) is 5.91 Å². The third-order valence-electron chi connectivity index (χ3n) is 6.46. The number of nitrogens with zero attached hydrogens (tertiary/aromatic N) is 2. The van der Waals surface area contributed by atoms with Gasteiger partial charge in [-0.05, 0) is 70.9 Å². The van der Waals surface area contributed by atoms with Crippen molar-refractivity contribution in [2.75, 3.05) is 0 Å². The summed E-state index contributed by atoms with van der Waals surface area (Å²) in [7, 11) is 0. The fourth-order valence-corrected chi connectivity index (χ4v) is 4.62. The van der Waals surface area contributed by atoms with E-state index < -0.39 is 23.5 Å². The van der Waals surface area contributed by atoms with Gasteiger partial charge in [-0.15, -0.1) is 0 Å². The maximum atomic E-state index is 13.5. The van der Waals surface area contributed by atoms with Crippen LogP contribution in [0.2, 0.25) is 0 Å². The summed E-state index contributed by atoms with van der Waals surface area (Å²) in [5.41, 5.74) is 2.22. The molecule has 8 nitrogen and oxygen atoms in total. The predicted octanol–water partition coefficient (Wildman–Crippen LogP) is 5.75. The zero-order valence-electron chi connectivity index (χ0n) is 26.3. The Morgan fingerprint density at radius 3 is 2.02 bits per heavy atom. The van der Waals surface area contributed by atoms with Crippen molar-refractivity contribution in [2.24, 2.45) is 0 Å². The predicted molar refractivity (Wildman–Crippen MR) is 171 cm³/mol. The summed E-state index contributed by atoms with van der Waals surface area (Å²) in [5.74, 6) is -0.392. The standard InChI is InChI=1S/C36H41N3O5/c1-35(2,3)43-29-19-17-26(18-20-29)22-31(34(42)44-36(4,5)6)37-32(40)24-39-33(41)28(21-25-13-9-7-10-14-25)23-30(38-39)27-15-11-8-12-16-27/h7-20,23,31H,21-22,24H2,1-6H3,(H,37,40)/t31-/m0/s1. The summed E-state index contributed by atoms with van der Waals surface area (Å²) in [4.78, 5) is 40.2. The van der Waals surface area contributed by atoms with Gasteiger partial charge in [-0.1, -0.05) is 72.8 Å². The van der Waals surface area contributed by atoms with E-state index in [0.29, 0.717) is 23.4 Å². The molecule has 0 radical (unpaired) electrons. The molecule has 8 heteroatoms. The van der Waals surface area contributed by atoms with Crippen LogP contribution in [0.15, 0.2) is 95.8 Å². The molecule has 0 saturated carbocycles. The molecule has 0 unspecified atom stereocenters. The first-order valence-corrected chi connectivity index (χ1v) is 14.8. The Labute approximate surface area is 259 Å². The van der Waals surface area contributed by atoms with E-state index >= 15 is 0 Å². The molecule has 230 valence electrons. The Morgan fingerprint density at radius 2 is 1.43 bits per heavy atom. The summed E-state index contributed by atoms with van der Waals surface area (Å²) < 4.78 is 12.7. The van der Waals surface area contributed by atoms with E-state index in [1.807, 2.05) is 106 Å². The molecule has 1 heterocycles. The van der Waals surface area contributed by atoms with Crippen molar-refractivity contribution in [1.29, 1.82) is 0 Å². The quantitative estimate of drug-likeness (QED) is 0.235. The smallest absolute Gasteiger partial charge is 0.329 e. The van der Waals surface area contributed by atoms with E-state index in [-0.39, 0.29) is 24.1 Å². The Balaban J connectivity index is 1.59. The molecule has 0 aliphatic rings. The van der Waals surface area contributed by atoms with Crippen LogP contribution in [0.4, 0.5) is 0 Å². The highest BCUT2D eigenvalue weighted by Crippen LogP contribution is 2.20. The molecule has 44 heavy (non-hydrogen) atoms. The Morgan fingerprint density at radius 1 is 0.818 bits per heavy atom. The second-order valence-electron chi connectivity index (χ2n) is 12.8. The first-order valence-electron chi connectivity index (χ1n) is 14.8. The highest BCUT2D eigenvalue weighted by atomic mass is 16.6. The zero-order chi connectivity index (χ0) is 31.9. The average Bonchev–Trinajstić information content (AvgIpc) is 2.95. The van der Waals surface area contributed by atoms with Crippen molar-refractivity contribution >= 4 is 11.9 Å². The van der Waals surface area contributed by atoms with Crippen molar-refractivity contribution in [3.8, 4) is 17.0 Å². The second-order valence-corrected chi connectivity index (χ2v) is 12.8. The van der Waals surface area contributed by atoms with Crippen LogP contribution < -0.4 is 15.6 Å². The molecule has 1 amide bonds. The molecule has 0 aliphatic carbocycles. The van der Waals surface area contributed by atoms with Crippen LogP contribution in [0, 0.1) is 0 Å². The summed E-state index contributed by atoms with van der Waals surface area (Å²) >= 11 is 0. The maximum absolute atomic E-state index is 13.5. The number of benzene rings is 3. The minimum absolute atomic E-state index is 0.197. The van der Waals surface area contributed by atoms with Gasteiger partial charge in [-0.3, -0.25) is 9.59 Å². The molecule has 0 spiro atoms. The fourth-order valence-electron chi connectivity index (χ4n) is 4.62. The van der Waals surface area contributed by atoms with Crippen LogP contribution in [-0.2, 0) is 33.7 Å². The van der Waals surface area contributed by atoms with E-state index in [9.17, 15) is 14.4 Å². The molecule has 4 rings (SSSR count). The second kappa shape index (κ2) is 13.7. The number of carbonyl (C=O) groups excluding carboxylic acids is 2. The first-order chi connectivity index (χ1) is 20.8. The molecule has 4 aromatic rings. The number of ether oxygens (including phenoxy) is 2. The summed E-state index contributed by atoms with van der Waals surface area (Å²) in [6.45, 7) is 10.9. The highest BCUT2D eigenvalue weighted by molar-refractivity contribution is 5.84. The minimum atomic E-state index is -0.979. The number of amides is 1. The lowest BCUT2D eigenvalue weighted by molar-refractivity contribution is -0.158. The van der Waals surface area contributed by atoms with E-state index in [1.54, 1.807) is 26.8 Å². The average molecular weight is 596 g/mol. The van der Waals surface area contributed by atoms with Gasteiger partial charge in [0.25, 0.3) is 5.56 Å². The van der Waals surface area contributed by atoms with Crippen molar-refractivity contribution in [3.05, 3.63) is 118 Å². The van der Waals surface area contributed by atoms with Crippen LogP contribution in [0.25, 0.3) is 11.3 Å². The number of aromatic nitrogens is 2. The molecule has 3 aromatic carbocycles. The van der Waals surface area contributed by atoms with E-state index in [1.165, 1.54) is 4.68 Å². The van der Waals surface area contributed by atoms with Crippen molar-refractivity contribution in [3.63, 3.8) is 0 Å². The van der Waals surface area contributed by atoms with Crippen LogP contribution in [0.5, 0.6) is 5.75 Å². The Bertz CT molecular complexity index is 1620. The fraction of sp³-hybridized carbons (Fsp3) is 0.333. The first kappa shape index (κ1) is 32.2. The number of carbonyl (C=O) groups is 2. The Kier molecular flexibility index (Phi) is 10.0. The molecule has 1 N–H and O–H groups in total. The van der Waals surface area contributed by atoms with Gasteiger partial charge in [-0.25, -0.2) is 9.48 Å². The topological polar surface area (TPSA) is 99.5 Å². The lowest BCUT2D eigenvalue weighted by Crippen LogP contribution is -2.47. The van der Waals surface area contributed by atoms with Gasteiger partial charge >= 0.3 is 5.97 Å². The maximum Gasteiger partial charge on any atom is 0.329 e. The molecule has 0 bridgehead atoms. The normalized spacial score (nSPS) is 12.3. The van der Waals surface area contributed by atoms with Crippen LogP contribution in [-0.4, -0.2) is 38.9 Å². The number of hydrogen-bond donors (Lipinski definition) is 1. The SMILES string of the molecule is CC(C)(C)OC(=O)[C@H](Cc1ccc(OC(C)(C)C)cc1)NC(=O)Cn1nc(-c2ccccc2)cc(Cc2ccccc2)c1=O. The highest BCUT2D eigenvalue weighted by Gasteiger charge is 2.28. The molecule has 0 aliphatic heterocycles. The van der Waals surface area contributed by atoms with Gasteiger partial charge in [0, 0.05) is 24.0 Å². The van der Waals surface area contributed by atoms with Gasteiger partial charge < -0.3 is 14.8 Å². The van der Waals surface area contributed by atoms with Gasteiger partial charge in [0.05, 0.1) is 5.69 Å². The largest absolute Gasteiger partial charge is 0.488 e. The monoisotopic (exact) mass is 595 g/mol. The third kappa shape index (κ3) is 9.66. The summed E-state index contributed by atoms with van der Waals surface area (Å²) in [6.07, 6.45) is 0.585. The van der Waals surface area contributed by atoms with Gasteiger partial charge in [-0.2, -0.15) is 5.10 Å². The number of hydrogen-bond acceptors (Lipinski definition) is 6. The van der Waals surface area contributed by atoms with E-state index in [2.05, 4.69) is 10.4 Å². The third-order valence-corrected chi connectivity index (χ3v) is 6.46. The van der Waals surface area contributed by atoms with Gasteiger partial charge in [0.15, 0.2) is 0 Å². The molecule has 0 saturated heterocycles. The summed E-state index contributed by atoms with van der Waals surface area (Å²) in [6, 6.07) is 27.3. The van der Waals surface area contributed by atoms with Crippen LogP contribution in [0.1, 0.15) is 58.2 Å². The molecule has 0 fully saturated rings. The molecular formula is C36H41N3O5. The zero-order valence-corrected chi connectivity index (χ0v) is 26.3. The van der Waals surface area contributed by atoms with E-state index in [0.717, 1.165) is 16.7 Å². The minimum Gasteiger partial charge on any atom is -0.488 e. The van der Waals surface area contributed by atoms with Gasteiger partial charge in [0.1, 0.15) is 29.5 Å². The van der Waals surface area contributed by atoms with Crippen molar-refractivity contribution in [2.45, 2.75) is 78.2 Å². The molecule has 1 atom stereocenters. The summed E-state index contributed by atoms with van der Waals surface area (Å²) in [5, 5.41) is 7.33. The number of nitrogens with one attached hydrogen (secondary N) is 1. The number of rotatable bonds is 10. The number of esters is 1. The Hall–Kier alpha value is -4.72. The van der Waals surface area contributed by atoms with E-state index in [4.69, 9.17) is 9.47 Å². The van der Waals surface area contributed by atoms with Crippen molar-refractivity contribution < 1.29 is 19.1 Å². The molecule has 1 aromatic heterocycles. The van der Waals surface area contributed by atoms with Crippen LogP contribution >= 0.6 is 0 Å². The lowest BCUT2D eigenvalue weighted by Gasteiger charge is -2.25. The molecular weight excluding hydrogens is 554 g/mol. The van der Waals surface area contributed by atoms with Crippen LogP contribution in [0.3, 0.4) is 0 Å². The van der Waals surface area contributed by atoms with Crippen molar-refractivity contribution in [1.82, 2.24) is 15.1 Å². The lowest BCUT2D eigenvalue weighted by atomic mass is 10.0.